The molecular weight excluding hydrogens is 238 g/mol. The van der Waals surface area contributed by atoms with Gasteiger partial charge in [0.25, 0.3) is 0 Å². The van der Waals surface area contributed by atoms with Crippen molar-refractivity contribution in [2.45, 2.75) is 57.9 Å². The van der Waals surface area contributed by atoms with E-state index in [2.05, 4.69) is 18.8 Å². The predicted octanol–water partition coefficient (Wildman–Crippen LogP) is 2.09. The van der Waals surface area contributed by atoms with Gasteiger partial charge < -0.3 is 15.5 Å². The van der Waals surface area contributed by atoms with Crippen molar-refractivity contribution in [3.8, 4) is 0 Å². The maximum absolute atomic E-state index is 7.00. The first-order valence-electron chi connectivity index (χ1n) is 5.90. The Kier molecular flexibility index (Phi) is 28.6. The molecule has 0 saturated heterocycles. The third-order valence-corrected chi connectivity index (χ3v) is 2.39. The van der Waals surface area contributed by atoms with Crippen LogP contribution >= 0.6 is 0 Å². The summed E-state index contributed by atoms with van der Waals surface area (Å²) < 4.78 is 0. The normalized spacial score (nSPS) is 14.8. The van der Waals surface area contributed by atoms with Crippen molar-refractivity contribution >= 4 is 0 Å². The van der Waals surface area contributed by atoms with Gasteiger partial charge in [0.1, 0.15) is 0 Å². The monoisotopic (exact) mass is 266 g/mol. The van der Waals surface area contributed by atoms with Gasteiger partial charge in [0.2, 0.25) is 0 Å². The molecule has 3 N–H and O–H groups in total. The van der Waals surface area contributed by atoms with Gasteiger partial charge in [-0.05, 0) is 18.9 Å². The number of aliphatic hydroxyl groups excluding tert-OH is 2. The molecule has 4 heteroatoms. The minimum Gasteiger partial charge on any atom is -0.467 e. The second kappa shape index (κ2) is 20.9. The van der Waals surface area contributed by atoms with Crippen LogP contribution in [-0.2, 0) is 21.7 Å². The van der Waals surface area contributed by atoms with E-state index in [0.717, 1.165) is 20.3 Å². The smallest absolute Gasteiger partial charge is 0.0319 e. The van der Waals surface area contributed by atoms with E-state index in [1.165, 1.54) is 44.9 Å². The van der Waals surface area contributed by atoms with Gasteiger partial charge in [-0.3, -0.25) is 6.54 Å². The van der Waals surface area contributed by atoms with E-state index in [-0.39, 0.29) is 21.7 Å². The van der Waals surface area contributed by atoms with Crippen LogP contribution in [0.2, 0.25) is 0 Å². The standard InChI is InChI=1S/C10H20N.2CH4O.Ti/c1-2-3-9-11-10-7-5-4-6-8-10;2*1-2;/h9-11H,2-8H2,1H3;2*2H,1H3;/q-1;;;. The van der Waals surface area contributed by atoms with Crippen molar-refractivity contribution < 1.29 is 31.9 Å². The number of hydrogen-bond acceptors (Lipinski definition) is 3. The summed E-state index contributed by atoms with van der Waals surface area (Å²) in [5.74, 6) is 0. The Hall–Kier alpha value is 0.594. The van der Waals surface area contributed by atoms with E-state index < -0.39 is 0 Å². The number of nitrogens with one attached hydrogen (secondary N) is 1. The van der Waals surface area contributed by atoms with Gasteiger partial charge in [-0.2, -0.15) is 6.42 Å². The molecule has 1 saturated carbocycles. The number of aliphatic hydroxyl groups is 2. The zero-order valence-electron chi connectivity index (χ0n) is 11.0. The van der Waals surface area contributed by atoms with Crippen molar-refractivity contribution in [3.63, 3.8) is 0 Å². The van der Waals surface area contributed by atoms with Crippen LogP contribution < -0.4 is 5.32 Å². The third-order valence-electron chi connectivity index (χ3n) is 2.39. The fourth-order valence-electron chi connectivity index (χ4n) is 1.66. The number of hydrogen-bond donors (Lipinski definition) is 3. The minimum atomic E-state index is 0. The van der Waals surface area contributed by atoms with E-state index in [4.69, 9.17) is 10.2 Å². The molecule has 3 nitrogen and oxygen atoms in total. The molecule has 0 heterocycles. The summed E-state index contributed by atoms with van der Waals surface area (Å²) in [7, 11) is 2.00. The van der Waals surface area contributed by atoms with Crippen molar-refractivity contribution in [3.05, 3.63) is 6.54 Å². The van der Waals surface area contributed by atoms with Crippen LogP contribution in [0, 0.1) is 6.54 Å². The zero-order chi connectivity index (χ0) is 11.9. The molecular formula is C12H28NO2Ti-. The first-order chi connectivity index (χ1) is 7.43. The van der Waals surface area contributed by atoms with Crippen LogP contribution in [0.4, 0.5) is 0 Å². The van der Waals surface area contributed by atoms with Gasteiger partial charge in [-0.15, -0.1) is 0 Å². The Morgan fingerprint density at radius 1 is 1.06 bits per heavy atom. The molecule has 0 bridgehead atoms. The van der Waals surface area contributed by atoms with Gasteiger partial charge in [-0.25, -0.2) is 0 Å². The first kappa shape index (κ1) is 21.8. The van der Waals surface area contributed by atoms with Crippen LogP contribution in [-0.4, -0.2) is 30.5 Å². The molecule has 0 aliphatic heterocycles. The molecule has 1 aliphatic rings. The van der Waals surface area contributed by atoms with Gasteiger partial charge in [0.15, 0.2) is 0 Å². The molecule has 1 fully saturated rings. The molecule has 98 valence electrons. The number of unbranched alkanes of at least 4 members (excludes halogenated alkanes) is 1. The predicted molar refractivity (Wildman–Crippen MR) is 65.5 cm³/mol. The SMILES string of the molecule is CCC[CH-]NC1CCCCC1.CO.CO.[Ti]. The van der Waals surface area contributed by atoms with Gasteiger partial charge >= 0.3 is 0 Å². The van der Waals surface area contributed by atoms with Crippen LogP contribution in [0.25, 0.3) is 0 Å². The summed E-state index contributed by atoms with van der Waals surface area (Å²) in [6.07, 6.45) is 9.57. The Labute approximate surface area is 116 Å². The maximum atomic E-state index is 7.00. The summed E-state index contributed by atoms with van der Waals surface area (Å²) in [6.45, 7) is 4.47. The van der Waals surface area contributed by atoms with E-state index in [1.807, 2.05) is 0 Å². The topological polar surface area (TPSA) is 52.5 Å². The van der Waals surface area contributed by atoms with E-state index in [9.17, 15) is 0 Å². The van der Waals surface area contributed by atoms with Crippen LogP contribution in [0.1, 0.15) is 51.9 Å². The summed E-state index contributed by atoms with van der Waals surface area (Å²) in [6, 6.07) is 0.801. The molecule has 0 amide bonds. The second-order valence-corrected chi connectivity index (χ2v) is 3.49. The van der Waals surface area contributed by atoms with Gasteiger partial charge in [0, 0.05) is 35.9 Å². The molecule has 0 aromatic carbocycles. The van der Waals surface area contributed by atoms with E-state index in [1.54, 1.807) is 0 Å². The fourth-order valence-corrected chi connectivity index (χ4v) is 1.66. The summed E-state index contributed by atoms with van der Waals surface area (Å²) in [4.78, 5) is 0. The molecule has 0 atom stereocenters. The van der Waals surface area contributed by atoms with Crippen LogP contribution in [0.5, 0.6) is 0 Å². The maximum Gasteiger partial charge on any atom is 0.0319 e. The summed E-state index contributed by atoms with van der Waals surface area (Å²) in [5.41, 5.74) is 0. The Bertz CT molecular complexity index is 99.0. The summed E-state index contributed by atoms with van der Waals surface area (Å²) >= 11 is 0. The third kappa shape index (κ3) is 14.6. The van der Waals surface area contributed by atoms with Crippen molar-refractivity contribution in [1.82, 2.24) is 5.32 Å². The van der Waals surface area contributed by atoms with Crippen molar-refractivity contribution in [2.75, 3.05) is 14.2 Å². The quantitative estimate of drug-likeness (QED) is 0.415. The fraction of sp³-hybridized carbons (Fsp3) is 0.917. The molecule has 0 spiro atoms. The average Bonchev–Trinajstić information content (AvgIpc) is 2.36. The van der Waals surface area contributed by atoms with Crippen LogP contribution in [0.3, 0.4) is 0 Å². The molecule has 0 aromatic heterocycles. The van der Waals surface area contributed by atoms with Gasteiger partial charge in [-0.1, -0.05) is 32.6 Å². The molecule has 16 heavy (non-hydrogen) atoms. The Morgan fingerprint density at radius 3 is 2.00 bits per heavy atom. The van der Waals surface area contributed by atoms with Gasteiger partial charge in [0.05, 0.1) is 0 Å². The Morgan fingerprint density at radius 2 is 1.56 bits per heavy atom. The first-order valence-corrected chi connectivity index (χ1v) is 5.90. The summed E-state index contributed by atoms with van der Waals surface area (Å²) in [5, 5.41) is 17.5. The van der Waals surface area contributed by atoms with E-state index >= 15 is 0 Å². The molecule has 0 aromatic rings. The van der Waals surface area contributed by atoms with Crippen LogP contribution in [0.15, 0.2) is 0 Å². The second-order valence-electron chi connectivity index (χ2n) is 3.49. The largest absolute Gasteiger partial charge is 0.467 e. The van der Waals surface area contributed by atoms with Crippen molar-refractivity contribution in [1.29, 1.82) is 0 Å². The minimum absolute atomic E-state index is 0. The van der Waals surface area contributed by atoms with E-state index in [0.29, 0.717) is 0 Å². The number of rotatable bonds is 4. The average molecular weight is 266 g/mol. The Balaban J connectivity index is -0.000000305. The molecule has 1 aliphatic carbocycles. The zero-order valence-corrected chi connectivity index (χ0v) is 12.6. The molecule has 1 rings (SSSR count). The molecule has 0 unspecified atom stereocenters. The van der Waals surface area contributed by atoms with Crippen molar-refractivity contribution in [2.24, 2.45) is 0 Å². The molecule has 0 radical (unpaired) electrons.